The van der Waals surface area contributed by atoms with Gasteiger partial charge in [-0.2, -0.15) is 0 Å². The molecule has 4 aromatic rings. The number of carbonyl (C=O) groups is 3. The first-order valence-corrected chi connectivity index (χ1v) is 11.3. The molecule has 0 atom stereocenters. The van der Waals surface area contributed by atoms with E-state index >= 15 is 0 Å². The molecule has 0 spiro atoms. The third-order valence-corrected chi connectivity index (χ3v) is 5.43. The van der Waals surface area contributed by atoms with Crippen molar-refractivity contribution in [3.63, 3.8) is 0 Å². The van der Waals surface area contributed by atoms with Crippen molar-refractivity contribution in [2.24, 2.45) is 0 Å². The zero-order valence-corrected chi connectivity index (χ0v) is 19.3. The molecule has 0 aliphatic rings. The van der Waals surface area contributed by atoms with Crippen LogP contribution in [0.1, 0.15) is 31.8 Å². The molecule has 4 aromatic carbocycles. The van der Waals surface area contributed by atoms with E-state index in [9.17, 15) is 19.5 Å². The second-order valence-corrected chi connectivity index (χ2v) is 8.07. The van der Waals surface area contributed by atoms with Crippen molar-refractivity contribution in [3.8, 4) is 11.5 Å². The molecule has 36 heavy (non-hydrogen) atoms. The largest absolute Gasteiger partial charge is 0.478 e. The number of anilines is 1. The number of hydrogen-bond acceptors (Lipinski definition) is 4. The van der Waals surface area contributed by atoms with Crippen LogP contribution < -0.4 is 10.1 Å². The SMILES string of the molecule is O=CNc1cc(C(=O)O)cc(C(=O)N(Cc2ccccc2)Cc2ccc(Oc3ccccc3)cc2)c1. The molecule has 0 unspecified atom stereocenters. The summed E-state index contributed by atoms with van der Waals surface area (Å²) >= 11 is 0. The summed E-state index contributed by atoms with van der Waals surface area (Å²) in [6.07, 6.45) is 0.441. The Bertz CT molecular complexity index is 1340. The Morgan fingerprint density at radius 2 is 1.31 bits per heavy atom. The summed E-state index contributed by atoms with van der Waals surface area (Å²) in [6, 6.07) is 30.5. The maximum absolute atomic E-state index is 13.6. The average Bonchev–Trinajstić information content (AvgIpc) is 2.90. The molecule has 0 aromatic heterocycles. The molecule has 0 saturated heterocycles. The predicted octanol–water partition coefficient (Wildman–Crippen LogP) is 5.59. The molecule has 2 amide bonds. The molecule has 0 aliphatic carbocycles. The second-order valence-electron chi connectivity index (χ2n) is 8.07. The molecular formula is C29H24N2O5. The van der Waals surface area contributed by atoms with Crippen LogP contribution in [0.5, 0.6) is 11.5 Å². The van der Waals surface area contributed by atoms with Crippen LogP contribution in [-0.2, 0) is 17.9 Å². The summed E-state index contributed by atoms with van der Waals surface area (Å²) in [5.41, 5.74) is 2.11. The second kappa shape index (κ2) is 11.5. The summed E-state index contributed by atoms with van der Waals surface area (Å²) in [7, 11) is 0. The first kappa shape index (κ1) is 24.2. The highest BCUT2D eigenvalue weighted by atomic mass is 16.5. The highest BCUT2D eigenvalue weighted by molar-refractivity contribution is 5.99. The highest BCUT2D eigenvalue weighted by Crippen LogP contribution is 2.23. The topological polar surface area (TPSA) is 95.9 Å². The standard InChI is InChI=1S/C29H24N2O5/c32-20-30-25-16-23(15-24(17-25)29(34)35)28(33)31(18-21-7-3-1-4-8-21)19-22-11-13-27(14-12-22)36-26-9-5-2-6-10-26/h1-17,20H,18-19H2,(H,30,32)(H,34,35). The van der Waals surface area contributed by atoms with Crippen molar-refractivity contribution >= 4 is 24.0 Å². The van der Waals surface area contributed by atoms with Crippen LogP contribution in [0.2, 0.25) is 0 Å². The van der Waals surface area contributed by atoms with Crippen LogP contribution in [0.4, 0.5) is 5.69 Å². The quantitative estimate of drug-likeness (QED) is 0.289. The van der Waals surface area contributed by atoms with Crippen LogP contribution in [0, 0.1) is 0 Å². The molecule has 0 heterocycles. The fraction of sp³-hybridized carbons (Fsp3) is 0.0690. The van der Waals surface area contributed by atoms with Crippen LogP contribution in [-0.4, -0.2) is 28.3 Å². The van der Waals surface area contributed by atoms with Gasteiger partial charge in [0.1, 0.15) is 11.5 Å². The molecule has 0 saturated carbocycles. The van der Waals surface area contributed by atoms with Gasteiger partial charge < -0.3 is 20.1 Å². The minimum atomic E-state index is -1.19. The van der Waals surface area contributed by atoms with Gasteiger partial charge in [-0.05, 0) is 53.6 Å². The first-order valence-electron chi connectivity index (χ1n) is 11.3. The van der Waals surface area contributed by atoms with Gasteiger partial charge in [-0.1, -0.05) is 60.7 Å². The summed E-state index contributed by atoms with van der Waals surface area (Å²) < 4.78 is 5.85. The number of amides is 2. The lowest BCUT2D eigenvalue weighted by Gasteiger charge is -2.24. The molecule has 180 valence electrons. The van der Waals surface area contributed by atoms with E-state index in [-0.39, 0.29) is 29.3 Å². The molecule has 2 N–H and O–H groups in total. The number of carboxylic acid groups (broad SMARTS) is 1. The maximum Gasteiger partial charge on any atom is 0.335 e. The third-order valence-electron chi connectivity index (χ3n) is 5.43. The molecule has 0 aliphatic heterocycles. The lowest BCUT2D eigenvalue weighted by Crippen LogP contribution is -2.30. The Kier molecular flexibility index (Phi) is 7.73. The third kappa shape index (κ3) is 6.36. The Morgan fingerprint density at radius 3 is 1.92 bits per heavy atom. The van der Waals surface area contributed by atoms with Crippen molar-refractivity contribution in [2.75, 3.05) is 5.32 Å². The van der Waals surface area contributed by atoms with E-state index in [4.69, 9.17) is 4.74 Å². The highest BCUT2D eigenvalue weighted by Gasteiger charge is 2.20. The average molecular weight is 481 g/mol. The Hall–Kier alpha value is -4.91. The minimum Gasteiger partial charge on any atom is -0.478 e. The molecule has 7 heteroatoms. The van der Waals surface area contributed by atoms with E-state index in [1.807, 2.05) is 84.9 Å². The fourth-order valence-corrected chi connectivity index (χ4v) is 3.72. The van der Waals surface area contributed by atoms with E-state index in [1.165, 1.54) is 18.2 Å². The van der Waals surface area contributed by atoms with Crippen LogP contribution in [0.15, 0.2) is 103 Å². The number of rotatable bonds is 10. The summed E-state index contributed by atoms with van der Waals surface area (Å²) in [6.45, 7) is 0.600. The molecule has 7 nitrogen and oxygen atoms in total. The van der Waals surface area contributed by atoms with Crippen molar-refractivity contribution in [1.29, 1.82) is 0 Å². The van der Waals surface area contributed by atoms with Gasteiger partial charge >= 0.3 is 5.97 Å². The van der Waals surface area contributed by atoms with Gasteiger partial charge in [0.15, 0.2) is 0 Å². The number of ether oxygens (including phenoxy) is 1. The van der Waals surface area contributed by atoms with E-state index < -0.39 is 5.97 Å². The van der Waals surface area contributed by atoms with Crippen molar-refractivity contribution < 1.29 is 24.2 Å². The number of aromatic carboxylic acids is 1. The first-order chi connectivity index (χ1) is 17.5. The number of nitrogens with one attached hydrogen (secondary N) is 1. The van der Waals surface area contributed by atoms with Gasteiger partial charge in [-0.15, -0.1) is 0 Å². The predicted molar refractivity (Wildman–Crippen MR) is 136 cm³/mol. The summed E-state index contributed by atoms with van der Waals surface area (Å²) in [4.78, 5) is 37.7. The van der Waals surface area contributed by atoms with Crippen LogP contribution in [0.25, 0.3) is 0 Å². The summed E-state index contributed by atoms with van der Waals surface area (Å²) in [5, 5.41) is 11.9. The zero-order valence-electron chi connectivity index (χ0n) is 19.3. The van der Waals surface area contributed by atoms with E-state index in [2.05, 4.69) is 5.32 Å². The van der Waals surface area contributed by atoms with Gasteiger partial charge in [0.2, 0.25) is 6.41 Å². The monoisotopic (exact) mass is 480 g/mol. The number of para-hydroxylation sites is 1. The Labute approximate surface area is 208 Å². The number of carboxylic acids is 1. The fourth-order valence-electron chi connectivity index (χ4n) is 3.72. The number of benzene rings is 4. The van der Waals surface area contributed by atoms with Crippen LogP contribution >= 0.6 is 0 Å². The van der Waals surface area contributed by atoms with Crippen molar-refractivity contribution in [2.45, 2.75) is 13.1 Å². The summed E-state index contributed by atoms with van der Waals surface area (Å²) in [5.74, 6) is -0.156. The zero-order chi connectivity index (χ0) is 25.3. The lowest BCUT2D eigenvalue weighted by atomic mass is 10.1. The smallest absolute Gasteiger partial charge is 0.335 e. The van der Waals surface area contributed by atoms with Gasteiger partial charge in [-0.3, -0.25) is 9.59 Å². The number of carbonyl (C=O) groups excluding carboxylic acids is 2. The van der Waals surface area contributed by atoms with Crippen molar-refractivity contribution in [3.05, 3.63) is 125 Å². The van der Waals surface area contributed by atoms with E-state index in [0.717, 1.165) is 16.9 Å². The van der Waals surface area contributed by atoms with Crippen LogP contribution in [0.3, 0.4) is 0 Å². The molecular weight excluding hydrogens is 456 g/mol. The number of hydrogen-bond donors (Lipinski definition) is 2. The number of nitrogens with zero attached hydrogens (tertiary/aromatic N) is 1. The molecule has 0 fully saturated rings. The minimum absolute atomic E-state index is 0.0905. The Morgan fingerprint density at radius 1 is 0.750 bits per heavy atom. The Balaban J connectivity index is 1.60. The molecule has 0 radical (unpaired) electrons. The molecule has 0 bridgehead atoms. The normalized spacial score (nSPS) is 10.3. The molecule has 4 rings (SSSR count). The maximum atomic E-state index is 13.6. The lowest BCUT2D eigenvalue weighted by molar-refractivity contribution is -0.105. The van der Waals surface area contributed by atoms with Gasteiger partial charge in [0.25, 0.3) is 5.91 Å². The van der Waals surface area contributed by atoms with Gasteiger partial charge in [0.05, 0.1) is 5.56 Å². The van der Waals surface area contributed by atoms with Gasteiger partial charge in [0, 0.05) is 24.3 Å². The van der Waals surface area contributed by atoms with Crippen molar-refractivity contribution in [1.82, 2.24) is 4.90 Å². The van der Waals surface area contributed by atoms with E-state index in [1.54, 1.807) is 4.90 Å². The van der Waals surface area contributed by atoms with E-state index in [0.29, 0.717) is 18.7 Å². The van der Waals surface area contributed by atoms with Gasteiger partial charge in [-0.25, -0.2) is 4.79 Å².